The monoisotopic (exact) mass is 458 g/mol. The lowest BCUT2D eigenvalue weighted by molar-refractivity contribution is -0.127. The van der Waals surface area contributed by atoms with Gasteiger partial charge in [-0.3, -0.25) is 9.59 Å². The van der Waals surface area contributed by atoms with Crippen LogP contribution in [-0.4, -0.2) is 43.5 Å². The lowest BCUT2D eigenvalue weighted by Crippen LogP contribution is -2.45. The van der Waals surface area contributed by atoms with Crippen LogP contribution in [0.25, 0.3) is 0 Å². The second-order valence-electron chi connectivity index (χ2n) is 7.99. The number of carbonyl (C=O) groups excluding carboxylic acids is 2. The molecule has 0 bridgehead atoms. The van der Waals surface area contributed by atoms with Crippen LogP contribution in [0.5, 0.6) is 0 Å². The zero-order valence-corrected chi connectivity index (χ0v) is 19.5. The predicted octanol–water partition coefficient (Wildman–Crippen LogP) is 3.89. The zero-order chi connectivity index (χ0) is 19.8. The van der Waals surface area contributed by atoms with Crippen molar-refractivity contribution in [3.05, 3.63) is 24.3 Å². The fraction of sp³-hybridized carbons (Fsp3) is 0.636. The molecule has 0 aromatic heterocycles. The Morgan fingerprint density at radius 3 is 2.63 bits per heavy atom. The molecule has 2 aliphatic heterocycles. The molecule has 30 heavy (non-hydrogen) atoms. The molecule has 2 aliphatic rings. The Labute approximate surface area is 192 Å². The Morgan fingerprint density at radius 1 is 1.20 bits per heavy atom. The van der Waals surface area contributed by atoms with Crippen molar-refractivity contribution in [2.24, 2.45) is 0 Å². The van der Waals surface area contributed by atoms with Crippen molar-refractivity contribution in [2.75, 3.05) is 29.9 Å². The molecule has 0 spiro atoms. The molecular formula is C22H36Cl2N4O2. The molecule has 1 aromatic rings. The van der Waals surface area contributed by atoms with Gasteiger partial charge >= 0.3 is 0 Å². The van der Waals surface area contributed by atoms with Crippen LogP contribution in [-0.2, 0) is 9.59 Å². The van der Waals surface area contributed by atoms with Gasteiger partial charge in [0.15, 0.2) is 0 Å². The van der Waals surface area contributed by atoms with Gasteiger partial charge in [-0.15, -0.1) is 24.8 Å². The van der Waals surface area contributed by atoms with Crippen molar-refractivity contribution in [2.45, 2.75) is 70.4 Å². The van der Waals surface area contributed by atoms with Crippen LogP contribution in [0.15, 0.2) is 24.3 Å². The van der Waals surface area contributed by atoms with Crippen LogP contribution in [0.2, 0.25) is 0 Å². The van der Waals surface area contributed by atoms with Crippen LogP contribution < -0.4 is 20.9 Å². The van der Waals surface area contributed by atoms with E-state index in [0.29, 0.717) is 12.8 Å². The smallest absolute Gasteiger partial charge is 0.246 e. The van der Waals surface area contributed by atoms with E-state index >= 15 is 0 Å². The number of nitrogens with one attached hydrogen (secondary N) is 3. The number of anilines is 2. The summed E-state index contributed by atoms with van der Waals surface area (Å²) in [4.78, 5) is 27.6. The summed E-state index contributed by atoms with van der Waals surface area (Å²) < 4.78 is 0. The fourth-order valence-corrected chi connectivity index (χ4v) is 4.07. The molecular weight excluding hydrogens is 423 g/mol. The van der Waals surface area contributed by atoms with Gasteiger partial charge in [0.1, 0.15) is 6.04 Å². The first kappa shape index (κ1) is 26.5. The summed E-state index contributed by atoms with van der Waals surface area (Å²) in [5, 5.41) is 9.32. The molecule has 8 heteroatoms. The van der Waals surface area contributed by atoms with Crippen molar-refractivity contribution >= 4 is 48.0 Å². The van der Waals surface area contributed by atoms with Gasteiger partial charge in [-0.25, -0.2) is 0 Å². The average molecular weight is 459 g/mol. The van der Waals surface area contributed by atoms with Gasteiger partial charge in [-0.2, -0.15) is 0 Å². The minimum absolute atomic E-state index is 0. The molecule has 0 radical (unpaired) electrons. The number of rotatable bonds is 9. The second kappa shape index (κ2) is 13.7. The lowest BCUT2D eigenvalue weighted by atomic mass is 10.1. The molecule has 3 rings (SSSR count). The minimum Gasteiger partial charge on any atom is -0.371 e. The second-order valence-corrected chi connectivity index (χ2v) is 7.99. The van der Waals surface area contributed by atoms with E-state index in [4.69, 9.17) is 0 Å². The topological polar surface area (TPSA) is 73.5 Å². The van der Waals surface area contributed by atoms with E-state index in [2.05, 4.69) is 33.8 Å². The molecule has 2 unspecified atom stereocenters. The highest BCUT2D eigenvalue weighted by atomic mass is 35.5. The van der Waals surface area contributed by atoms with Crippen LogP contribution in [0.3, 0.4) is 0 Å². The zero-order valence-electron chi connectivity index (χ0n) is 17.8. The van der Waals surface area contributed by atoms with Crippen LogP contribution in [0, 0.1) is 0 Å². The SMILES string of the molecule is CCCCC(NC(=O)CC1CCCN1)C(=O)Nc1cccc(N2CCCC2)c1.Cl.Cl. The summed E-state index contributed by atoms with van der Waals surface area (Å²) in [5.74, 6) is -0.166. The lowest BCUT2D eigenvalue weighted by Gasteiger charge is -2.21. The van der Waals surface area contributed by atoms with Gasteiger partial charge < -0.3 is 20.9 Å². The first-order chi connectivity index (χ1) is 13.7. The molecule has 6 nitrogen and oxygen atoms in total. The highest BCUT2D eigenvalue weighted by Crippen LogP contribution is 2.23. The van der Waals surface area contributed by atoms with Crippen molar-refractivity contribution in [1.82, 2.24) is 10.6 Å². The summed E-state index contributed by atoms with van der Waals surface area (Å²) >= 11 is 0. The third-order valence-corrected chi connectivity index (χ3v) is 5.68. The maximum Gasteiger partial charge on any atom is 0.246 e. The van der Waals surface area contributed by atoms with Crippen LogP contribution in [0.4, 0.5) is 11.4 Å². The Balaban J connectivity index is 0.00000225. The largest absolute Gasteiger partial charge is 0.371 e. The molecule has 2 amide bonds. The van der Waals surface area contributed by atoms with E-state index in [1.165, 1.54) is 12.8 Å². The Morgan fingerprint density at radius 2 is 1.97 bits per heavy atom. The molecule has 0 aliphatic carbocycles. The third-order valence-electron chi connectivity index (χ3n) is 5.68. The highest BCUT2D eigenvalue weighted by molar-refractivity contribution is 5.97. The number of hydrogen-bond donors (Lipinski definition) is 3. The van der Waals surface area contributed by atoms with Gasteiger partial charge in [-0.05, 0) is 56.8 Å². The summed E-state index contributed by atoms with van der Waals surface area (Å²) in [6.07, 6.45) is 7.60. The van der Waals surface area contributed by atoms with Crippen molar-refractivity contribution in [1.29, 1.82) is 0 Å². The molecule has 2 fully saturated rings. The quantitative estimate of drug-likeness (QED) is 0.524. The maximum absolute atomic E-state index is 12.9. The number of amides is 2. The van der Waals surface area contributed by atoms with Crippen LogP contribution >= 0.6 is 24.8 Å². The van der Waals surface area contributed by atoms with Gasteiger partial charge in [0, 0.05) is 36.9 Å². The molecule has 170 valence electrons. The van der Waals surface area contributed by atoms with Crippen LogP contribution in [0.1, 0.15) is 58.3 Å². The molecule has 2 saturated heterocycles. The first-order valence-corrected chi connectivity index (χ1v) is 10.8. The molecule has 3 N–H and O–H groups in total. The Bertz CT molecular complexity index is 662. The van der Waals surface area contributed by atoms with Crippen molar-refractivity contribution in [3.63, 3.8) is 0 Å². The summed E-state index contributed by atoms with van der Waals surface area (Å²) in [7, 11) is 0. The molecule has 2 heterocycles. The standard InChI is InChI=1S/C22H34N4O2.2ClH/c1-2-3-11-20(25-21(27)16-17-9-7-12-23-17)22(28)24-18-8-6-10-19(15-18)26-13-4-5-14-26;;/h6,8,10,15,17,20,23H,2-5,7,9,11-14,16H2,1H3,(H,24,28)(H,25,27);2*1H. The normalized spacial score (nSPS) is 18.8. The number of carbonyl (C=O) groups is 2. The average Bonchev–Trinajstić information content (AvgIpc) is 3.39. The number of hydrogen-bond acceptors (Lipinski definition) is 4. The first-order valence-electron chi connectivity index (χ1n) is 10.8. The highest BCUT2D eigenvalue weighted by Gasteiger charge is 2.24. The summed E-state index contributed by atoms with van der Waals surface area (Å²) in [5.41, 5.74) is 1.94. The van der Waals surface area contributed by atoms with Crippen molar-refractivity contribution in [3.8, 4) is 0 Å². The third kappa shape index (κ3) is 7.97. The van der Waals surface area contributed by atoms with E-state index in [9.17, 15) is 9.59 Å². The molecule has 2 atom stereocenters. The van der Waals surface area contributed by atoms with E-state index in [1.807, 2.05) is 18.2 Å². The number of nitrogens with zero attached hydrogens (tertiary/aromatic N) is 1. The number of unbranched alkanes of at least 4 members (excludes halogenated alkanes) is 1. The van der Waals surface area contributed by atoms with Crippen molar-refractivity contribution < 1.29 is 9.59 Å². The minimum atomic E-state index is -0.482. The van der Waals surface area contributed by atoms with Gasteiger partial charge in [0.2, 0.25) is 11.8 Å². The number of halogens is 2. The predicted molar refractivity (Wildman–Crippen MR) is 128 cm³/mol. The summed E-state index contributed by atoms with van der Waals surface area (Å²) in [6.45, 7) is 5.22. The maximum atomic E-state index is 12.9. The molecule has 0 saturated carbocycles. The molecule has 1 aromatic carbocycles. The number of benzene rings is 1. The van der Waals surface area contributed by atoms with Gasteiger partial charge in [0.05, 0.1) is 0 Å². The summed E-state index contributed by atoms with van der Waals surface area (Å²) in [6, 6.07) is 7.78. The Kier molecular flexibility index (Phi) is 12.1. The Hall–Kier alpha value is -1.50. The van der Waals surface area contributed by atoms with Gasteiger partial charge in [0.25, 0.3) is 0 Å². The van der Waals surface area contributed by atoms with E-state index in [1.54, 1.807) is 0 Å². The van der Waals surface area contributed by atoms with E-state index < -0.39 is 6.04 Å². The van der Waals surface area contributed by atoms with Gasteiger partial charge in [-0.1, -0.05) is 25.8 Å². The van der Waals surface area contributed by atoms with E-state index in [0.717, 1.165) is 56.7 Å². The van der Waals surface area contributed by atoms with E-state index in [-0.39, 0.29) is 42.7 Å². The fourth-order valence-electron chi connectivity index (χ4n) is 4.07.